The van der Waals surface area contributed by atoms with E-state index in [-0.39, 0.29) is 12.1 Å². The Labute approximate surface area is 120 Å². The third-order valence-electron chi connectivity index (χ3n) is 4.04. The number of aromatic nitrogens is 2. The van der Waals surface area contributed by atoms with Gasteiger partial charge in [-0.2, -0.15) is 5.10 Å². The van der Waals surface area contributed by atoms with Crippen LogP contribution >= 0.6 is 11.6 Å². The zero-order chi connectivity index (χ0) is 14.0. The molecule has 0 bridgehead atoms. The Balaban J connectivity index is 2.15. The monoisotopic (exact) mass is 285 g/mol. The molecular formula is C14H24ClN3O. The lowest BCUT2D eigenvalue weighted by molar-refractivity contribution is 0.0529. The molecule has 108 valence electrons. The second-order valence-electron chi connectivity index (χ2n) is 5.32. The predicted octanol–water partition coefficient (Wildman–Crippen LogP) is 2.19. The average molecular weight is 286 g/mol. The molecule has 0 saturated heterocycles. The van der Waals surface area contributed by atoms with E-state index in [1.807, 2.05) is 18.8 Å². The number of ether oxygens (including phenoxy) is 1. The van der Waals surface area contributed by atoms with E-state index < -0.39 is 0 Å². The van der Waals surface area contributed by atoms with E-state index in [2.05, 4.69) is 17.3 Å². The van der Waals surface area contributed by atoms with Gasteiger partial charge in [-0.05, 0) is 32.2 Å². The molecule has 4 nitrogen and oxygen atoms in total. The first-order chi connectivity index (χ1) is 9.12. The maximum absolute atomic E-state index is 6.42. The highest BCUT2D eigenvalue weighted by molar-refractivity contribution is 6.31. The number of likely N-dealkylation sites (N-methyl/N-ethyl adjacent to an activating group) is 1. The van der Waals surface area contributed by atoms with Gasteiger partial charge in [0.15, 0.2) is 0 Å². The molecule has 0 aromatic carbocycles. The zero-order valence-corrected chi connectivity index (χ0v) is 13.0. The van der Waals surface area contributed by atoms with E-state index in [1.54, 1.807) is 7.11 Å². The number of hydrogen-bond acceptors (Lipinski definition) is 3. The number of nitrogens with one attached hydrogen (secondary N) is 1. The van der Waals surface area contributed by atoms with Gasteiger partial charge in [-0.1, -0.05) is 18.5 Å². The summed E-state index contributed by atoms with van der Waals surface area (Å²) in [6.45, 7) is 2.08. The quantitative estimate of drug-likeness (QED) is 0.835. The molecule has 0 spiro atoms. The highest BCUT2D eigenvalue weighted by Crippen LogP contribution is 2.36. The number of nitrogens with zero attached hydrogens (tertiary/aromatic N) is 2. The Kier molecular flexibility index (Phi) is 4.87. The summed E-state index contributed by atoms with van der Waals surface area (Å²) in [5.74, 6) is 0.695. The first kappa shape index (κ1) is 14.8. The lowest BCUT2D eigenvalue weighted by Crippen LogP contribution is -2.42. The molecule has 0 aliphatic heterocycles. The van der Waals surface area contributed by atoms with E-state index in [4.69, 9.17) is 16.3 Å². The average Bonchev–Trinajstić information content (AvgIpc) is 3.20. The van der Waals surface area contributed by atoms with E-state index in [1.165, 1.54) is 12.8 Å². The number of hydrogen-bond donors (Lipinski definition) is 1. The van der Waals surface area contributed by atoms with Crippen LogP contribution in [0.1, 0.15) is 31.2 Å². The Morgan fingerprint density at radius 3 is 2.63 bits per heavy atom. The van der Waals surface area contributed by atoms with Gasteiger partial charge >= 0.3 is 0 Å². The molecule has 0 radical (unpaired) electrons. The molecule has 2 rings (SSSR count). The van der Waals surface area contributed by atoms with E-state index in [0.717, 1.165) is 29.3 Å². The van der Waals surface area contributed by atoms with Gasteiger partial charge in [-0.25, -0.2) is 0 Å². The van der Waals surface area contributed by atoms with Crippen molar-refractivity contribution in [2.24, 2.45) is 13.0 Å². The van der Waals surface area contributed by atoms with Crippen LogP contribution < -0.4 is 5.32 Å². The van der Waals surface area contributed by atoms with Gasteiger partial charge in [0, 0.05) is 26.6 Å². The molecular weight excluding hydrogens is 262 g/mol. The van der Waals surface area contributed by atoms with Crippen molar-refractivity contribution >= 4 is 11.6 Å². The third kappa shape index (κ3) is 3.12. The van der Waals surface area contributed by atoms with Crippen LogP contribution in [0.2, 0.25) is 5.02 Å². The SMILES string of the molecule is CCc1nn(C)c(CC(NC)C(OC)C2CC2)c1Cl. The molecule has 1 heterocycles. The zero-order valence-electron chi connectivity index (χ0n) is 12.2. The minimum Gasteiger partial charge on any atom is -0.380 e. The molecule has 1 aliphatic rings. The van der Waals surface area contributed by atoms with Crippen molar-refractivity contribution in [3.8, 4) is 0 Å². The molecule has 1 saturated carbocycles. The molecule has 5 heteroatoms. The summed E-state index contributed by atoms with van der Waals surface area (Å²) in [5.41, 5.74) is 2.08. The van der Waals surface area contributed by atoms with Crippen LogP contribution in [0.3, 0.4) is 0 Å². The molecule has 1 aromatic heterocycles. The highest BCUT2D eigenvalue weighted by atomic mass is 35.5. The van der Waals surface area contributed by atoms with Crippen molar-refractivity contribution < 1.29 is 4.74 Å². The first-order valence-corrected chi connectivity index (χ1v) is 7.40. The van der Waals surface area contributed by atoms with Gasteiger partial charge in [0.05, 0.1) is 22.5 Å². The molecule has 2 atom stereocenters. The van der Waals surface area contributed by atoms with Crippen LogP contribution in [0, 0.1) is 5.92 Å². The predicted molar refractivity (Wildman–Crippen MR) is 77.7 cm³/mol. The van der Waals surface area contributed by atoms with Crippen LogP contribution in [0.4, 0.5) is 0 Å². The topological polar surface area (TPSA) is 39.1 Å². The highest BCUT2D eigenvalue weighted by Gasteiger charge is 2.37. The van der Waals surface area contributed by atoms with E-state index in [9.17, 15) is 0 Å². The number of aryl methyl sites for hydroxylation is 2. The van der Waals surface area contributed by atoms with E-state index in [0.29, 0.717) is 5.92 Å². The smallest absolute Gasteiger partial charge is 0.0850 e. The molecule has 19 heavy (non-hydrogen) atoms. The maximum atomic E-state index is 6.42. The third-order valence-corrected chi connectivity index (χ3v) is 4.48. The van der Waals surface area contributed by atoms with E-state index >= 15 is 0 Å². The van der Waals surface area contributed by atoms with Crippen molar-refractivity contribution in [2.75, 3.05) is 14.2 Å². The van der Waals surface area contributed by atoms with Crippen LogP contribution in [0.25, 0.3) is 0 Å². The molecule has 2 unspecified atom stereocenters. The lowest BCUT2D eigenvalue weighted by Gasteiger charge is -2.25. The van der Waals surface area contributed by atoms with Crippen molar-refractivity contribution in [3.05, 3.63) is 16.4 Å². The maximum Gasteiger partial charge on any atom is 0.0850 e. The van der Waals surface area contributed by atoms with Crippen LogP contribution in [-0.4, -0.2) is 36.1 Å². The Morgan fingerprint density at radius 1 is 1.53 bits per heavy atom. The van der Waals surface area contributed by atoms with Crippen molar-refractivity contribution in [2.45, 2.75) is 44.8 Å². The van der Waals surface area contributed by atoms with Crippen molar-refractivity contribution in [1.29, 1.82) is 0 Å². The molecule has 1 fully saturated rings. The fourth-order valence-electron chi connectivity index (χ4n) is 2.74. The fourth-order valence-corrected chi connectivity index (χ4v) is 3.11. The van der Waals surface area contributed by atoms with Gasteiger partial charge in [0.1, 0.15) is 0 Å². The van der Waals surface area contributed by atoms with Crippen LogP contribution in [-0.2, 0) is 24.6 Å². The summed E-state index contributed by atoms with van der Waals surface area (Å²) >= 11 is 6.42. The summed E-state index contributed by atoms with van der Waals surface area (Å²) in [5, 5.41) is 8.67. The molecule has 0 amide bonds. The standard InChI is InChI=1S/C14H24ClN3O/c1-5-10-13(15)12(18(3)17-10)8-11(16-2)14(19-4)9-6-7-9/h9,11,14,16H,5-8H2,1-4H3. The second-order valence-corrected chi connectivity index (χ2v) is 5.70. The fraction of sp³-hybridized carbons (Fsp3) is 0.786. The molecule has 1 aromatic rings. The van der Waals surface area contributed by atoms with Gasteiger partial charge in [0.2, 0.25) is 0 Å². The summed E-state index contributed by atoms with van der Waals surface area (Å²) < 4.78 is 7.58. The van der Waals surface area contributed by atoms with Crippen molar-refractivity contribution in [3.63, 3.8) is 0 Å². The van der Waals surface area contributed by atoms with Gasteiger partial charge in [-0.15, -0.1) is 0 Å². The summed E-state index contributed by atoms with van der Waals surface area (Å²) in [6.07, 6.45) is 4.54. The molecule has 1 aliphatic carbocycles. The van der Waals surface area contributed by atoms with Crippen molar-refractivity contribution in [1.82, 2.24) is 15.1 Å². The summed E-state index contributed by atoms with van der Waals surface area (Å²) in [4.78, 5) is 0. The number of halogens is 1. The molecule has 1 N–H and O–H groups in total. The lowest BCUT2D eigenvalue weighted by atomic mass is 10.0. The van der Waals surface area contributed by atoms with Gasteiger partial charge < -0.3 is 10.1 Å². The Bertz CT molecular complexity index is 429. The number of rotatable bonds is 7. The Morgan fingerprint density at radius 2 is 2.21 bits per heavy atom. The number of methoxy groups -OCH3 is 1. The van der Waals surface area contributed by atoms with Gasteiger partial charge in [0.25, 0.3) is 0 Å². The Hall–Kier alpha value is -0.580. The summed E-state index contributed by atoms with van der Waals surface area (Å²) in [6, 6.07) is 0.287. The van der Waals surface area contributed by atoms with Gasteiger partial charge in [-0.3, -0.25) is 4.68 Å². The van der Waals surface area contributed by atoms with Crippen LogP contribution in [0.15, 0.2) is 0 Å². The minimum absolute atomic E-state index is 0.265. The largest absolute Gasteiger partial charge is 0.380 e. The van der Waals surface area contributed by atoms with Crippen LogP contribution in [0.5, 0.6) is 0 Å². The minimum atomic E-state index is 0.265. The first-order valence-electron chi connectivity index (χ1n) is 7.02. The normalized spacial score (nSPS) is 18.6. The second kappa shape index (κ2) is 6.25. The summed E-state index contributed by atoms with van der Waals surface area (Å²) in [7, 11) is 5.76.